The Kier molecular flexibility index (Phi) is 7.08. The third-order valence-corrected chi connectivity index (χ3v) is 3.77. The van der Waals surface area contributed by atoms with Gasteiger partial charge in [-0.2, -0.15) is 0 Å². The molecule has 1 aliphatic rings. The molecule has 2 nitrogen and oxygen atoms in total. The molecular formula is C14H21Cl2FN2. The molecule has 1 saturated heterocycles. The molecule has 0 bridgehead atoms. The van der Waals surface area contributed by atoms with Crippen LogP contribution in [-0.2, 0) is 0 Å². The van der Waals surface area contributed by atoms with Crippen LogP contribution in [0.2, 0.25) is 5.02 Å². The molecule has 0 aromatic heterocycles. The molecule has 1 aromatic rings. The van der Waals surface area contributed by atoms with Gasteiger partial charge in [-0.3, -0.25) is 4.90 Å². The standard InChI is InChI=1S/C14H20ClFN2.ClH/c1-2-3-14(18-8-6-17-7-9-18)11-4-5-13(16)12(15)10-11;/h4-5,10,14,17H,2-3,6-9H2,1H3;1H/t14-;/m0./s1. The molecule has 0 radical (unpaired) electrons. The van der Waals surface area contributed by atoms with Gasteiger partial charge in [0.25, 0.3) is 0 Å². The zero-order valence-electron chi connectivity index (χ0n) is 11.2. The first-order chi connectivity index (χ1) is 8.72. The molecule has 108 valence electrons. The van der Waals surface area contributed by atoms with Crippen molar-refractivity contribution in [2.75, 3.05) is 26.2 Å². The van der Waals surface area contributed by atoms with Crippen LogP contribution in [0.5, 0.6) is 0 Å². The summed E-state index contributed by atoms with van der Waals surface area (Å²) in [7, 11) is 0. The number of hydrogen-bond acceptors (Lipinski definition) is 2. The minimum atomic E-state index is -0.337. The monoisotopic (exact) mass is 306 g/mol. The highest BCUT2D eigenvalue weighted by molar-refractivity contribution is 6.30. The predicted molar refractivity (Wildman–Crippen MR) is 80.7 cm³/mol. The highest BCUT2D eigenvalue weighted by atomic mass is 35.5. The molecule has 0 aliphatic carbocycles. The molecule has 0 amide bonds. The highest BCUT2D eigenvalue weighted by Crippen LogP contribution is 2.28. The Morgan fingerprint density at radius 2 is 2.05 bits per heavy atom. The van der Waals surface area contributed by atoms with Crippen LogP contribution >= 0.6 is 24.0 Å². The molecule has 5 heteroatoms. The van der Waals surface area contributed by atoms with Crippen LogP contribution < -0.4 is 5.32 Å². The Bertz CT molecular complexity index is 395. The van der Waals surface area contributed by atoms with Crippen molar-refractivity contribution in [2.45, 2.75) is 25.8 Å². The Hall–Kier alpha value is -0.350. The van der Waals surface area contributed by atoms with E-state index >= 15 is 0 Å². The van der Waals surface area contributed by atoms with Crippen LogP contribution in [-0.4, -0.2) is 31.1 Å². The highest BCUT2D eigenvalue weighted by Gasteiger charge is 2.21. The first-order valence-corrected chi connectivity index (χ1v) is 7.00. The average Bonchev–Trinajstić information content (AvgIpc) is 2.40. The van der Waals surface area contributed by atoms with Crippen molar-refractivity contribution < 1.29 is 4.39 Å². The maximum absolute atomic E-state index is 13.2. The molecule has 1 fully saturated rings. The van der Waals surface area contributed by atoms with Crippen LogP contribution in [0.1, 0.15) is 31.4 Å². The first kappa shape index (κ1) is 16.7. The molecule has 2 rings (SSSR count). The van der Waals surface area contributed by atoms with Gasteiger partial charge in [0.2, 0.25) is 0 Å². The predicted octanol–water partition coefficient (Wildman–Crippen LogP) is 3.65. The largest absolute Gasteiger partial charge is 0.314 e. The summed E-state index contributed by atoms with van der Waals surface area (Å²) in [4.78, 5) is 2.46. The van der Waals surface area contributed by atoms with Gasteiger partial charge in [0, 0.05) is 32.2 Å². The van der Waals surface area contributed by atoms with Crippen LogP contribution in [0.25, 0.3) is 0 Å². The lowest BCUT2D eigenvalue weighted by Crippen LogP contribution is -2.45. The lowest BCUT2D eigenvalue weighted by atomic mass is 10.00. The van der Waals surface area contributed by atoms with Gasteiger partial charge in [-0.25, -0.2) is 4.39 Å². The SMILES string of the molecule is CCC[C@@H](c1ccc(F)c(Cl)c1)N1CCNCC1.Cl. The average molecular weight is 307 g/mol. The fourth-order valence-electron chi connectivity index (χ4n) is 2.55. The zero-order chi connectivity index (χ0) is 13.0. The third kappa shape index (κ3) is 4.32. The van der Waals surface area contributed by atoms with Gasteiger partial charge in [0.05, 0.1) is 5.02 Å². The summed E-state index contributed by atoms with van der Waals surface area (Å²) in [6.07, 6.45) is 2.20. The molecule has 1 atom stereocenters. The summed E-state index contributed by atoms with van der Waals surface area (Å²) in [5, 5.41) is 3.58. The van der Waals surface area contributed by atoms with Crippen molar-refractivity contribution >= 4 is 24.0 Å². The molecular weight excluding hydrogens is 286 g/mol. The van der Waals surface area contributed by atoms with Gasteiger partial charge < -0.3 is 5.32 Å². The number of nitrogens with zero attached hydrogens (tertiary/aromatic N) is 1. The van der Waals surface area contributed by atoms with Crippen molar-refractivity contribution in [3.63, 3.8) is 0 Å². The van der Waals surface area contributed by atoms with E-state index in [1.54, 1.807) is 6.07 Å². The van der Waals surface area contributed by atoms with E-state index in [0.29, 0.717) is 6.04 Å². The molecule has 1 aromatic carbocycles. The number of nitrogens with one attached hydrogen (secondary N) is 1. The number of halogens is 3. The summed E-state index contributed by atoms with van der Waals surface area (Å²) in [5.74, 6) is -0.337. The first-order valence-electron chi connectivity index (χ1n) is 6.62. The normalized spacial score (nSPS) is 17.8. The van der Waals surface area contributed by atoms with E-state index in [4.69, 9.17) is 11.6 Å². The molecule has 1 heterocycles. The number of piperazine rings is 1. The summed E-state index contributed by atoms with van der Waals surface area (Å²) in [5.41, 5.74) is 1.13. The Morgan fingerprint density at radius 1 is 1.37 bits per heavy atom. The fraction of sp³-hybridized carbons (Fsp3) is 0.571. The van der Waals surface area contributed by atoms with E-state index < -0.39 is 0 Å². The van der Waals surface area contributed by atoms with E-state index in [2.05, 4.69) is 17.1 Å². The minimum absolute atomic E-state index is 0. The Morgan fingerprint density at radius 3 is 2.63 bits per heavy atom. The number of hydrogen-bond donors (Lipinski definition) is 1. The van der Waals surface area contributed by atoms with E-state index in [0.717, 1.165) is 44.6 Å². The molecule has 0 spiro atoms. The Labute approximate surface area is 125 Å². The van der Waals surface area contributed by atoms with Crippen molar-refractivity contribution in [3.8, 4) is 0 Å². The number of benzene rings is 1. The van der Waals surface area contributed by atoms with Gasteiger partial charge in [0.1, 0.15) is 5.82 Å². The molecule has 0 saturated carbocycles. The van der Waals surface area contributed by atoms with Crippen molar-refractivity contribution in [2.24, 2.45) is 0 Å². The van der Waals surface area contributed by atoms with Crippen LogP contribution in [0.4, 0.5) is 4.39 Å². The van der Waals surface area contributed by atoms with Crippen molar-refractivity contribution in [3.05, 3.63) is 34.6 Å². The van der Waals surface area contributed by atoms with E-state index in [1.807, 2.05) is 6.07 Å². The molecule has 1 aliphatic heterocycles. The van der Waals surface area contributed by atoms with Gasteiger partial charge in [-0.05, 0) is 24.1 Å². The van der Waals surface area contributed by atoms with Gasteiger partial charge >= 0.3 is 0 Å². The zero-order valence-corrected chi connectivity index (χ0v) is 12.7. The molecule has 1 N–H and O–H groups in total. The van der Waals surface area contributed by atoms with E-state index in [-0.39, 0.29) is 23.2 Å². The lowest BCUT2D eigenvalue weighted by molar-refractivity contribution is 0.164. The summed E-state index contributed by atoms with van der Waals surface area (Å²) in [6, 6.07) is 5.47. The second-order valence-electron chi connectivity index (χ2n) is 4.76. The maximum Gasteiger partial charge on any atom is 0.141 e. The molecule has 0 unspecified atom stereocenters. The van der Waals surface area contributed by atoms with Crippen LogP contribution in [0, 0.1) is 5.82 Å². The summed E-state index contributed by atoms with van der Waals surface area (Å²) in [6.45, 7) is 6.31. The van der Waals surface area contributed by atoms with Gasteiger partial charge in [-0.15, -0.1) is 12.4 Å². The van der Waals surface area contributed by atoms with Crippen LogP contribution in [0.15, 0.2) is 18.2 Å². The second-order valence-corrected chi connectivity index (χ2v) is 5.17. The minimum Gasteiger partial charge on any atom is -0.314 e. The fourth-order valence-corrected chi connectivity index (χ4v) is 2.74. The second kappa shape index (κ2) is 8.05. The topological polar surface area (TPSA) is 15.3 Å². The Balaban J connectivity index is 0.00000180. The maximum atomic E-state index is 13.2. The third-order valence-electron chi connectivity index (χ3n) is 3.48. The summed E-state index contributed by atoms with van der Waals surface area (Å²) < 4.78 is 13.2. The van der Waals surface area contributed by atoms with Gasteiger partial charge in [-0.1, -0.05) is 31.0 Å². The summed E-state index contributed by atoms with van der Waals surface area (Å²) >= 11 is 5.89. The van der Waals surface area contributed by atoms with E-state index in [1.165, 1.54) is 6.07 Å². The van der Waals surface area contributed by atoms with Crippen molar-refractivity contribution in [1.29, 1.82) is 0 Å². The molecule has 19 heavy (non-hydrogen) atoms. The number of rotatable bonds is 4. The quantitative estimate of drug-likeness (QED) is 0.913. The van der Waals surface area contributed by atoms with Crippen molar-refractivity contribution in [1.82, 2.24) is 10.2 Å². The van der Waals surface area contributed by atoms with Crippen LogP contribution in [0.3, 0.4) is 0 Å². The smallest absolute Gasteiger partial charge is 0.141 e. The van der Waals surface area contributed by atoms with Gasteiger partial charge in [0.15, 0.2) is 0 Å². The lowest BCUT2D eigenvalue weighted by Gasteiger charge is -2.35. The van der Waals surface area contributed by atoms with E-state index in [9.17, 15) is 4.39 Å².